The fourth-order valence-electron chi connectivity index (χ4n) is 2.75. The molecule has 0 aliphatic rings. The molecule has 3 aromatic rings. The van der Waals surface area contributed by atoms with E-state index in [0.717, 1.165) is 10.9 Å². The van der Waals surface area contributed by atoms with Crippen molar-refractivity contribution in [2.24, 2.45) is 0 Å². The molecule has 1 heterocycles. The van der Waals surface area contributed by atoms with Crippen molar-refractivity contribution in [3.63, 3.8) is 0 Å². The zero-order valence-electron chi connectivity index (χ0n) is 15.8. The minimum Gasteiger partial charge on any atom is -0.512 e. The van der Waals surface area contributed by atoms with Gasteiger partial charge in [0.15, 0.2) is 5.78 Å². The Morgan fingerprint density at radius 3 is 2.42 bits per heavy atom. The van der Waals surface area contributed by atoms with Crippen LogP contribution < -0.4 is 0 Å². The molecular formula is C22H24IrNO2-. The van der Waals surface area contributed by atoms with Crippen LogP contribution >= 0.6 is 0 Å². The van der Waals surface area contributed by atoms with Crippen LogP contribution in [0.25, 0.3) is 21.7 Å². The van der Waals surface area contributed by atoms with Crippen LogP contribution in [0.2, 0.25) is 0 Å². The molecule has 0 aliphatic heterocycles. The Balaban J connectivity index is 0.000000366. The smallest absolute Gasteiger partial charge is 0.155 e. The number of carbonyl (C=O) groups excluding carboxylic acids is 1. The van der Waals surface area contributed by atoms with Crippen LogP contribution in [-0.2, 0) is 30.3 Å². The molecular weight excluding hydrogens is 502 g/mol. The van der Waals surface area contributed by atoms with Gasteiger partial charge in [-0.3, -0.25) is 4.79 Å². The number of hydrogen-bond acceptors (Lipinski definition) is 3. The number of benzene rings is 2. The zero-order chi connectivity index (χ0) is 18.6. The molecule has 1 N–H and O–H groups in total. The van der Waals surface area contributed by atoms with Crippen molar-refractivity contribution in [1.29, 1.82) is 0 Å². The number of carbonyl (C=O) groups is 1. The van der Waals surface area contributed by atoms with E-state index < -0.39 is 0 Å². The summed E-state index contributed by atoms with van der Waals surface area (Å²) < 4.78 is 0. The molecule has 139 valence electrons. The summed E-state index contributed by atoms with van der Waals surface area (Å²) in [6.07, 6.45) is 3.02. The summed E-state index contributed by atoms with van der Waals surface area (Å²) >= 11 is 0. The molecule has 26 heavy (non-hydrogen) atoms. The molecule has 0 atom stereocenters. The number of allylic oxidation sites excluding steroid dienone is 2. The largest absolute Gasteiger partial charge is 0.512 e. The average molecular weight is 527 g/mol. The minimum absolute atomic E-state index is 0. The first-order valence-electron chi connectivity index (χ1n) is 8.26. The van der Waals surface area contributed by atoms with Crippen LogP contribution in [0, 0.1) is 6.07 Å². The second-order valence-electron chi connectivity index (χ2n) is 7.10. The van der Waals surface area contributed by atoms with Crippen LogP contribution in [0.4, 0.5) is 0 Å². The number of aliphatic hydroxyl groups excluding tert-OH is 1. The van der Waals surface area contributed by atoms with E-state index in [1.54, 1.807) is 0 Å². The molecule has 3 nitrogen and oxygen atoms in total. The van der Waals surface area contributed by atoms with Gasteiger partial charge in [-0.2, -0.15) is 0 Å². The molecule has 1 radical (unpaired) electrons. The summed E-state index contributed by atoms with van der Waals surface area (Å²) in [6, 6.07) is 15.9. The molecule has 0 amide bonds. The Morgan fingerprint density at radius 1 is 1.19 bits per heavy atom. The van der Waals surface area contributed by atoms with Gasteiger partial charge in [0.05, 0.1) is 5.76 Å². The first-order valence-corrected chi connectivity index (χ1v) is 8.26. The molecule has 0 spiro atoms. The van der Waals surface area contributed by atoms with Crippen LogP contribution in [-0.4, -0.2) is 15.9 Å². The number of pyridine rings is 1. The van der Waals surface area contributed by atoms with E-state index in [0.29, 0.717) is 0 Å². The topological polar surface area (TPSA) is 50.2 Å². The number of rotatable bonds is 1. The summed E-state index contributed by atoms with van der Waals surface area (Å²) in [5.74, 6) is -0.0625. The van der Waals surface area contributed by atoms with Crippen LogP contribution in [0.5, 0.6) is 0 Å². The number of ketones is 1. The molecule has 1 aromatic heterocycles. The van der Waals surface area contributed by atoms with Gasteiger partial charge >= 0.3 is 0 Å². The summed E-state index contributed by atoms with van der Waals surface area (Å²) in [5, 5.41) is 11.9. The molecule has 0 saturated carbocycles. The van der Waals surface area contributed by atoms with Crippen molar-refractivity contribution in [1.82, 2.24) is 4.98 Å². The van der Waals surface area contributed by atoms with Crippen molar-refractivity contribution in [2.75, 3.05) is 0 Å². The maximum atomic E-state index is 10.0. The number of hydrogen-bond donors (Lipinski definition) is 1. The van der Waals surface area contributed by atoms with Gasteiger partial charge < -0.3 is 10.1 Å². The van der Waals surface area contributed by atoms with Crippen LogP contribution in [0.3, 0.4) is 0 Å². The van der Waals surface area contributed by atoms with E-state index in [1.807, 2.05) is 24.4 Å². The van der Waals surface area contributed by atoms with E-state index in [1.165, 1.54) is 36.3 Å². The summed E-state index contributed by atoms with van der Waals surface area (Å²) in [7, 11) is 0. The maximum absolute atomic E-state index is 10.0. The van der Waals surface area contributed by atoms with Gasteiger partial charge in [0.25, 0.3) is 0 Å². The van der Waals surface area contributed by atoms with E-state index in [2.05, 4.69) is 50.0 Å². The molecule has 4 heteroatoms. The Labute approximate surface area is 168 Å². The predicted molar refractivity (Wildman–Crippen MR) is 104 cm³/mol. The van der Waals surface area contributed by atoms with Crippen molar-refractivity contribution < 1.29 is 30.0 Å². The fourth-order valence-corrected chi connectivity index (χ4v) is 2.75. The zero-order valence-corrected chi connectivity index (χ0v) is 18.1. The SMILES string of the molecule is CC(=O)C=C(C)O.CC(C)(C)c1cc2ccc[c-]c2c2ncccc12.[Ir]. The quantitative estimate of drug-likeness (QED) is 0.197. The van der Waals surface area contributed by atoms with Crippen molar-refractivity contribution >= 4 is 27.5 Å². The first-order chi connectivity index (χ1) is 11.7. The standard InChI is InChI=1S/C17H16N.C5H8O2.Ir/c1-17(2,3)15-11-12-7-4-5-8-13(12)16-14(15)9-6-10-18-16;1-4(6)3-5(2)7;/h4-7,9-11H,1-3H3;3,6H,1-2H3;/q-1;;. The van der Waals surface area contributed by atoms with E-state index >= 15 is 0 Å². The Bertz CT molecular complexity index is 936. The molecule has 2 aromatic carbocycles. The Morgan fingerprint density at radius 2 is 1.88 bits per heavy atom. The Kier molecular flexibility index (Phi) is 7.67. The maximum Gasteiger partial charge on any atom is 0.155 e. The van der Waals surface area contributed by atoms with Gasteiger partial charge in [-0.15, -0.1) is 35.0 Å². The van der Waals surface area contributed by atoms with Gasteiger partial charge in [-0.05, 0) is 36.2 Å². The van der Waals surface area contributed by atoms with Gasteiger partial charge in [0.1, 0.15) is 0 Å². The van der Waals surface area contributed by atoms with E-state index in [-0.39, 0.29) is 37.1 Å². The average Bonchev–Trinajstić information content (AvgIpc) is 2.52. The molecule has 0 saturated heterocycles. The molecule has 3 rings (SSSR count). The summed E-state index contributed by atoms with van der Waals surface area (Å²) in [5.41, 5.74) is 2.52. The normalized spacial score (nSPS) is 11.5. The van der Waals surface area contributed by atoms with Crippen LogP contribution in [0.1, 0.15) is 40.2 Å². The number of aliphatic hydroxyl groups is 1. The number of aromatic nitrogens is 1. The Hall–Kier alpha value is -2.03. The van der Waals surface area contributed by atoms with Gasteiger partial charge in [-0.1, -0.05) is 38.5 Å². The monoisotopic (exact) mass is 527 g/mol. The van der Waals surface area contributed by atoms with Gasteiger partial charge in [-0.25, -0.2) is 0 Å². The third-order valence-electron chi connectivity index (χ3n) is 3.74. The predicted octanol–water partition coefficient (Wildman–Crippen LogP) is 5.52. The first kappa shape index (κ1) is 22.0. The number of fused-ring (bicyclic) bond motifs is 3. The van der Waals surface area contributed by atoms with E-state index in [9.17, 15) is 4.79 Å². The molecule has 0 bridgehead atoms. The van der Waals surface area contributed by atoms with Crippen molar-refractivity contribution in [2.45, 2.75) is 40.0 Å². The van der Waals surface area contributed by atoms with Crippen LogP contribution in [0.15, 0.2) is 54.4 Å². The fraction of sp³-hybridized carbons (Fsp3) is 0.273. The third-order valence-corrected chi connectivity index (χ3v) is 3.74. The van der Waals surface area contributed by atoms with Gasteiger partial charge in [0, 0.05) is 32.4 Å². The molecule has 0 unspecified atom stereocenters. The second-order valence-corrected chi connectivity index (χ2v) is 7.10. The van der Waals surface area contributed by atoms with Crippen molar-refractivity contribution in [3.8, 4) is 0 Å². The molecule has 0 aliphatic carbocycles. The molecule has 0 fully saturated rings. The second kappa shape index (κ2) is 9.07. The number of nitrogens with zero attached hydrogens (tertiary/aromatic N) is 1. The minimum atomic E-state index is -0.125. The summed E-state index contributed by atoms with van der Waals surface area (Å²) in [4.78, 5) is 14.6. The summed E-state index contributed by atoms with van der Waals surface area (Å²) in [6.45, 7) is 9.58. The van der Waals surface area contributed by atoms with Crippen molar-refractivity contribution in [3.05, 3.63) is 66.1 Å². The third kappa shape index (κ3) is 5.48. The van der Waals surface area contributed by atoms with E-state index in [4.69, 9.17) is 5.11 Å². The van der Waals surface area contributed by atoms with Gasteiger partial charge in [0.2, 0.25) is 0 Å².